The van der Waals surface area contributed by atoms with Crippen molar-refractivity contribution in [2.75, 3.05) is 0 Å². The number of hydrogen-bond donors (Lipinski definition) is 0. The quantitative estimate of drug-likeness (QED) is 0.413. The Hall–Kier alpha value is -0.690. The van der Waals surface area contributed by atoms with E-state index < -0.39 is 0 Å². The summed E-state index contributed by atoms with van der Waals surface area (Å²) >= 11 is 17.8. The smallest absolute Gasteiger partial charge is 0.0458 e. The fourth-order valence-electron chi connectivity index (χ4n) is 2.16. The van der Waals surface area contributed by atoms with Gasteiger partial charge in [-0.1, -0.05) is 102 Å². The highest BCUT2D eigenvalue weighted by Gasteiger charge is 2.16. The topological polar surface area (TPSA) is 0 Å². The second-order valence-corrected chi connectivity index (χ2v) is 9.34. The molecule has 140 valence electrons. The molecule has 0 atom stereocenters. The van der Waals surface area contributed by atoms with Crippen molar-refractivity contribution in [3.05, 3.63) is 68.2 Å². The Morgan fingerprint density at radius 2 is 1.24 bits per heavy atom. The van der Waals surface area contributed by atoms with Crippen LogP contribution in [-0.2, 0) is 10.8 Å². The third-order valence-corrected chi connectivity index (χ3v) is 4.73. The molecule has 0 amide bonds. The summed E-state index contributed by atoms with van der Waals surface area (Å²) in [5, 5.41) is 2.30. The maximum atomic E-state index is 6.03. The predicted molar refractivity (Wildman–Crippen MR) is 117 cm³/mol. The van der Waals surface area contributed by atoms with Gasteiger partial charge in [-0.2, -0.15) is 0 Å². The first-order chi connectivity index (χ1) is 10.8. The summed E-state index contributed by atoms with van der Waals surface area (Å²) in [6, 6.07) is 11.9. The van der Waals surface area contributed by atoms with E-state index in [1.165, 1.54) is 5.56 Å². The second-order valence-electron chi connectivity index (χ2n) is 8.09. The van der Waals surface area contributed by atoms with E-state index in [4.69, 9.17) is 34.8 Å². The van der Waals surface area contributed by atoms with Crippen LogP contribution in [0.4, 0.5) is 0 Å². The molecule has 0 radical (unpaired) electrons. The molecule has 0 aliphatic heterocycles. The first-order valence-corrected chi connectivity index (χ1v) is 9.18. The highest BCUT2D eigenvalue weighted by molar-refractivity contribution is 6.35. The summed E-state index contributed by atoms with van der Waals surface area (Å²) < 4.78 is 0. The van der Waals surface area contributed by atoms with Gasteiger partial charge >= 0.3 is 0 Å². The van der Waals surface area contributed by atoms with Crippen LogP contribution < -0.4 is 0 Å². The van der Waals surface area contributed by atoms with Crippen LogP contribution in [0.15, 0.2) is 36.4 Å². The van der Waals surface area contributed by atoms with Crippen molar-refractivity contribution in [1.29, 1.82) is 0 Å². The van der Waals surface area contributed by atoms with Crippen LogP contribution in [0, 0.1) is 6.92 Å². The number of benzene rings is 2. The highest BCUT2D eigenvalue weighted by Crippen LogP contribution is 2.31. The molecule has 0 bridgehead atoms. The monoisotopic (exact) mass is 400 g/mol. The number of halogens is 3. The largest absolute Gasteiger partial charge is 0.0843 e. The Bertz CT molecular complexity index is 689. The maximum Gasteiger partial charge on any atom is 0.0458 e. The van der Waals surface area contributed by atoms with Gasteiger partial charge in [0, 0.05) is 15.1 Å². The van der Waals surface area contributed by atoms with Crippen LogP contribution >= 0.6 is 34.8 Å². The lowest BCUT2D eigenvalue weighted by atomic mass is 9.87. The molecule has 25 heavy (non-hydrogen) atoms. The second kappa shape index (κ2) is 9.31. The molecule has 0 saturated carbocycles. The summed E-state index contributed by atoms with van der Waals surface area (Å²) in [5.74, 6) is 0. The van der Waals surface area contributed by atoms with Crippen LogP contribution in [0.3, 0.4) is 0 Å². The van der Waals surface area contributed by atoms with Crippen molar-refractivity contribution in [3.8, 4) is 0 Å². The van der Waals surface area contributed by atoms with Crippen LogP contribution in [-0.4, -0.2) is 0 Å². The highest BCUT2D eigenvalue weighted by atomic mass is 35.5. The van der Waals surface area contributed by atoms with Crippen molar-refractivity contribution >= 4 is 34.8 Å². The number of rotatable bonds is 0. The number of hydrogen-bond acceptors (Lipinski definition) is 0. The van der Waals surface area contributed by atoms with E-state index in [9.17, 15) is 0 Å². The lowest BCUT2D eigenvalue weighted by Crippen LogP contribution is -2.11. The molecule has 0 aliphatic rings. The molecule has 2 rings (SSSR count). The van der Waals surface area contributed by atoms with Gasteiger partial charge in [0.25, 0.3) is 0 Å². The third-order valence-electron chi connectivity index (χ3n) is 3.78. The minimum Gasteiger partial charge on any atom is -0.0843 e. The van der Waals surface area contributed by atoms with Crippen molar-refractivity contribution in [3.63, 3.8) is 0 Å². The van der Waals surface area contributed by atoms with Gasteiger partial charge in [0.1, 0.15) is 0 Å². The van der Waals surface area contributed by atoms with Crippen molar-refractivity contribution in [2.24, 2.45) is 0 Å². The molecule has 3 heteroatoms. The van der Waals surface area contributed by atoms with Crippen molar-refractivity contribution in [1.82, 2.24) is 0 Å². The molecule has 0 N–H and O–H groups in total. The summed E-state index contributed by atoms with van der Waals surface area (Å²) in [6.07, 6.45) is 0. The molecule has 0 nitrogen and oxygen atoms in total. The van der Waals surface area contributed by atoms with Gasteiger partial charge in [0.05, 0.1) is 0 Å². The van der Waals surface area contributed by atoms with E-state index >= 15 is 0 Å². The minimum atomic E-state index is 0. The predicted octanol–water partition coefficient (Wildman–Crippen LogP) is 8.87. The van der Waals surface area contributed by atoms with Gasteiger partial charge < -0.3 is 0 Å². The zero-order valence-electron chi connectivity index (χ0n) is 15.6. The van der Waals surface area contributed by atoms with E-state index in [1.807, 2.05) is 19.1 Å². The van der Waals surface area contributed by atoms with Crippen LogP contribution in [0.25, 0.3) is 0 Å². The Balaban J connectivity index is 0.000000443. The average Bonchev–Trinajstić information content (AvgIpc) is 2.39. The van der Waals surface area contributed by atoms with E-state index in [-0.39, 0.29) is 18.3 Å². The van der Waals surface area contributed by atoms with Crippen LogP contribution in [0.2, 0.25) is 15.1 Å². The molecule has 0 aromatic heterocycles. The van der Waals surface area contributed by atoms with E-state index in [1.54, 1.807) is 6.07 Å². The normalized spacial score (nSPS) is 11.3. The maximum absolute atomic E-state index is 6.03. The van der Waals surface area contributed by atoms with Gasteiger partial charge in [-0.05, 0) is 52.6 Å². The van der Waals surface area contributed by atoms with Crippen LogP contribution in [0.1, 0.15) is 65.7 Å². The standard InChI is InChI=1S/C11H15Cl.C10H12Cl2.CH4/c1-8-5-6-9(7-10(8)12)11(2,3)4;1-10(2,3)8-5-4-7(11)6-9(8)12;/h5-7H,1-4H3;4-6H,1-3H3;1H4. The van der Waals surface area contributed by atoms with E-state index in [0.29, 0.717) is 5.02 Å². The first kappa shape index (κ1) is 24.3. The van der Waals surface area contributed by atoms with Crippen molar-refractivity contribution < 1.29 is 0 Å². The van der Waals surface area contributed by atoms with E-state index in [0.717, 1.165) is 21.2 Å². The Labute approximate surface area is 169 Å². The molecule has 0 spiro atoms. The lowest BCUT2D eigenvalue weighted by molar-refractivity contribution is 0.590. The fourth-order valence-corrected chi connectivity index (χ4v) is 3.03. The molecular formula is C22H31Cl3. The summed E-state index contributed by atoms with van der Waals surface area (Å²) in [5.41, 5.74) is 3.84. The minimum absolute atomic E-state index is 0. The molecule has 2 aromatic rings. The Morgan fingerprint density at radius 1 is 0.680 bits per heavy atom. The molecule has 0 unspecified atom stereocenters. The molecule has 0 saturated heterocycles. The van der Waals surface area contributed by atoms with Gasteiger partial charge in [-0.15, -0.1) is 0 Å². The van der Waals surface area contributed by atoms with E-state index in [2.05, 4.69) is 59.7 Å². The summed E-state index contributed by atoms with van der Waals surface area (Å²) in [7, 11) is 0. The molecule has 0 heterocycles. The third kappa shape index (κ3) is 7.60. The zero-order chi connectivity index (χ0) is 18.7. The van der Waals surface area contributed by atoms with Crippen LogP contribution in [0.5, 0.6) is 0 Å². The summed E-state index contributed by atoms with van der Waals surface area (Å²) in [6.45, 7) is 15.0. The Morgan fingerprint density at radius 3 is 1.64 bits per heavy atom. The average molecular weight is 402 g/mol. The van der Waals surface area contributed by atoms with Gasteiger partial charge in [0.15, 0.2) is 0 Å². The van der Waals surface area contributed by atoms with Crippen molar-refractivity contribution in [2.45, 2.75) is 66.7 Å². The molecule has 0 fully saturated rings. The molecule has 2 aromatic carbocycles. The first-order valence-electron chi connectivity index (χ1n) is 8.04. The Kier molecular flexibility index (Phi) is 9.05. The molecule has 0 aliphatic carbocycles. The lowest BCUT2D eigenvalue weighted by Gasteiger charge is -2.20. The number of aryl methyl sites for hydroxylation is 1. The van der Waals surface area contributed by atoms with Gasteiger partial charge in [-0.25, -0.2) is 0 Å². The van der Waals surface area contributed by atoms with Gasteiger partial charge in [-0.3, -0.25) is 0 Å². The zero-order valence-corrected chi connectivity index (χ0v) is 17.9. The SMILES string of the molecule is C.CC(C)(C)c1ccc(Cl)cc1Cl.Cc1ccc(C(C)(C)C)cc1Cl. The fraction of sp³-hybridized carbons (Fsp3) is 0.455. The van der Waals surface area contributed by atoms with Gasteiger partial charge in [0.2, 0.25) is 0 Å². The summed E-state index contributed by atoms with van der Waals surface area (Å²) in [4.78, 5) is 0. The molecular weight excluding hydrogens is 371 g/mol.